The van der Waals surface area contributed by atoms with Crippen molar-refractivity contribution in [3.8, 4) is 0 Å². The van der Waals surface area contributed by atoms with E-state index in [-0.39, 0.29) is 17.1 Å². The maximum atomic E-state index is 10.0. The van der Waals surface area contributed by atoms with Crippen molar-refractivity contribution in [1.82, 2.24) is 0 Å². The van der Waals surface area contributed by atoms with Crippen molar-refractivity contribution in [3.05, 3.63) is 181 Å². The Balaban J connectivity index is 0.000000182. The third-order valence-electron chi connectivity index (χ3n) is 6.48. The molecule has 4 heteroatoms. The predicted molar refractivity (Wildman–Crippen MR) is 172 cm³/mol. The summed E-state index contributed by atoms with van der Waals surface area (Å²) in [6, 6.07) is 42.7. The molecule has 4 aromatic carbocycles. The van der Waals surface area contributed by atoms with E-state index >= 15 is 0 Å². The molecule has 2 aliphatic carbocycles. The van der Waals surface area contributed by atoms with Crippen LogP contribution >= 0.6 is 15.8 Å². The van der Waals surface area contributed by atoms with Gasteiger partial charge < -0.3 is 5.11 Å². The van der Waals surface area contributed by atoms with E-state index < -0.39 is 21.9 Å². The molecule has 0 aliphatic heterocycles. The van der Waals surface area contributed by atoms with Gasteiger partial charge in [0.1, 0.15) is 0 Å². The minimum absolute atomic E-state index is 0. The summed E-state index contributed by atoms with van der Waals surface area (Å²) in [6.07, 6.45) is 14.5. The first-order valence-corrected chi connectivity index (χ1v) is 15.9. The molecular formula is C36H32FeOP2. The molecule has 200 valence electrons. The van der Waals surface area contributed by atoms with Gasteiger partial charge in [-0.2, -0.15) is 0 Å². The molecule has 0 saturated carbocycles. The van der Waals surface area contributed by atoms with Crippen LogP contribution in [0.15, 0.2) is 168 Å². The van der Waals surface area contributed by atoms with Crippen molar-refractivity contribution < 1.29 is 22.2 Å². The van der Waals surface area contributed by atoms with Crippen LogP contribution in [-0.2, 0) is 17.1 Å². The molecule has 0 spiro atoms. The maximum absolute atomic E-state index is 10.0. The summed E-state index contributed by atoms with van der Waals surface area (Å²) >= 11 is 0. The summed E-state index contributed by atoms with van der Waals surface area (Å²) in [7, 11) is -1.03. The standard InChI is InChI=1S/C19H18OP.C17H14P.Fe/c1-15(20)18-13-8-14-19(18)21(16-9-4-2-5-10-16)17-11-6-3-7-12-17;1-3-9-15(10-4-1)18(17-13-7-8-14-17)16-11-5-2-6-12-16;/h2-15,20H,1H3;1-14H;/t15-;;/m1../s1. The Morgan fingerprint density at radius 2 is 0.950 bits per heavy atom. The largest absolute Gasteiger partial charge is 0.389 e. The molecule has 0 unspecified atom stereocenters. The van der Waals surface area contributed by atoms with Crippen molar-refractivity contribution in [2.24, 2.45) is 0 Å². The molecule has 40 heavy (non-hydrogen) atoms. The van der Waals surface area contributed by atoms with Gasteiger partial charge in [0.05, 0.1) is 6.10 Å². The number of aliphatic hydroxyl groups is 1. The monoisotopic (exact) mass is 598 g/mol. The van der Waals surface area contributed by atoms with Gasteiger partial charge in [0, 0.05) is 29.9 Å². The number of aliphatic hydroxyl groups excluding tert-OH is 1. The number of benzene rings is 4. The molecule has 4 aromatic rings. The van der Waals surface area contributed by atoms with Gasteiger partial charge >= 0.3 is 0 Å². The number of hydrogen-bond donors (Lipinski definition) is 1. The molecule has 6 rings (SSSR count). The van der Waals surface area contributed by atoms with E-state index in [0.717, 1.165) is 5.57 Å². The third kappa shape index (κ3) is 7.47. The van der Waals surface area contributed by atoms with E-state index in [4.69, 9.17) is 0 Å². The van der Waals surface area contributed by atoms with Crippen LogP contribution in [0.1, 0.15) is 6.92 Å². The molecule has 0 fully saturated rings. The Bertz CT molecular complexity index is 1380. The minimum Gasteiger partial charge on any atom is -0.389 e. The molecule has 2 radical (unpaired) electrons. The second-order valence-corrected chi connectivity index (χ2v) is 13.6. The Morgan fingerprint density at radius 3 is 1.32 bits per heavy atom. The summed E-state index contributed by atoms with van der Waals surface area (Å²) in [6.45, 7) is 1.84. The van der Waals surface area contributed by atoms with Gasteiger partial charge in [0.2, 0.25) is 0 Å². The summed E-state index contributed by atoms with van der Waals surface area (Å²) in [4.78, 5) is 0. The fourth-order valence-electron chi connectivity index (χ4n) is 4.68. The van der Waals surface area contributed by atoms with E-state index in [0.29, 0.717) is 0 Å². The van der Waals surface area contributed by atoms with Gasteiger partial charge in [-0.05, 0) is 60.2 Å². The van der Waals surface area contributed by atoms with Gasteiger partial charge in [-0.15, -0.1) is 0 Å². The van der Waals surface area contributed by atoms with Crippen molar-refractivity contribution in [3.63, 3.8) is 0 Å². The number of rotatable bonds is 7. The smallest absolute Gasteiger partial charge is 0.0765 e. The van der Waals surface area contributed by atoms with Crippen molar-refractivity contribution >= 4 is 37.1 Å². The minimum atomic E-state index is -0.622. The average molecular weight is 598 g/mol. The Hall–Kier alpha value is -2.82. The fourth-order valence-corrected chi connectivity index (χ4v) is 9.53. The van der Waals surface area contributed by atoms with Crippen LogP contribution in [0.5, 0.6) is 0 Å². The van der Waals surface area contributed by atoms with Crippen molar-refractivity contribution in [2.45, 2.75) is 13.0 Å². The van der Waals surface area contributed by atoms with Crippen LogP contribution in [0.2, 0.25) is 0 Å². The molecule has 0 bridgehead atoms. The molecule has 0 amide bonds. The van der Waals surface area contributed by atoms with Gasteiger partial charge in [-0.3, -0.25) is 0 Å². The summed E-state index contributed by atoms with van der Waals surface area (Å²) in [5, 5.41) is 18.2. The van der Waals surface area contributed by atoms with Crippen LogP contribution in [0.25, 0.3) is 0 Å². The molecule has 0 aromatic heterocycles. The molecule has 1 nitrogen and oxygen atoms in total. The Morgan fingerprint density at radius 1 is 0.525 bits per heavy atom. The number of allylic oxidation sites excluding steroid dienone is 6. The van der Waals surface area contributed by atoms with Crippen LogP contribution in [0.3, 0.4) is 0 Å². The van der Waals surface area contributed by atoms with Gasteiger partial charge in [-0.25, -0.2) is 0 Å². The van der Waals surface area contributed by atoms with Crippen LogP contribution in [-0.4, -0.2) is 11.2 Å². The Labute approximate surface area is 252 Å². The molecule has 0 saturated heterocycles. The zero-order valence-electron chi connectivity index (χ0n) is 22.4. The summed E-state index contributed by atoms with van der Waals surface area (Å²) < 4.78 is 0. The van der Waals surface area contributed by atoms with E-state index in [9.17, 15) is 5.11 Å². The van der Waals surface area contributed by atoms with E-state index in [1.165, 1.54) is 31.8 Å². The van der Waals surface area contributed by atoms with E-state index in [1.54, 1.807) is 0 Å². The SMILES string of the molecule is C[C@@H](O)C1=C[CH]C=C1P(c1ccccc1)c1ccccc1.[CH]1C=CC(P(c2ccccc2)c2ccccc2)=C1.[Fe]. The zero-order chi connectivity index (χ0) is 26.9. The Kier molecular flexibility index (Phi) is 11.5. The second-order valence-electron chi connectivity index (χ2n) is 9.20. The number of hydrogen-bond acceptors (Lipinski definition) is 1. The zero-order valence-corrected chi connectivity index (χ0v) is 25.3. The van der Waals surface area contributed by atoms with Gasteiger partial charge in [0.15, 0.2) is 0 Å². The molecule has 2 aliphatic rings. The van der Waals surface area contributed by atoms with Crippen molar-refractivity contribution in [2.75, 3.05) is 0 Å². The van der Waals surface area contributed by atoms with E-state index in [1.807, 2.05) is 31.6 Å². The normalized spacial score (nSPS) is 14.6. The first-order chi connectivity index (χ1) is 19.2. The summed E-state index contributed by atoms with van der Waals surface area (Å²) in [5.41, 5.74) is 1.04. The predicted octanol–water partition coefficient (Wildman–Crippen LogP) is 7.30. The van der Waals surface area contributed by atoms with Gasteiger partial charge in [0.25, 0.3) is 0 Å². The molecule has 1 atom stereocenters. The van der Waals surface area contributed by atoms with Gasteiger partial charge in [-0.1, -0.05) is 152 Å². The topological polar surface area (TPSA) is 20.2 Å². The maximum Gasteiger partial charge on any atom is 0.0765 e. The third-order valence-corrected chi connectivity index (χ3v) is 11.4. The van der Waals surface area contributed by atoms with Crippen LogP contribution in [0, 0.1) is 12.8 Å². The molecule has 1 N–H and O–H groups in total. The summed E-state index contributed by atoms with van der Waals surface area (Å²) in [5.74, 6) is 0. The van der Waals surface area contributed by atoms with Crippen LogP contribution in [0.4, 0.5) is 0 Å². The quantitative estimate of drug-likeness (QED) is 0.175. The first-order valence-electron chi connectivity index (χ1n) is 13.2. The second kappa shape index (κ2) is 15.3. The molecule has 0 heterocycles. The molecular weight excluding hydrogens is 566 g/mol. The first kappa shape index (κ1) is 30.1. The fraction of sp³-hybridized carbons (Fsp3) is 0.0556. The average Bonchev–Trinajstić information content (AvgIpc) is 3.70. The van der Waals surface area contributed by atoms with Crippen LogP contribution < -0.4 is 21.2 Å². The van der Waals surface area contributed by atoms with E-state index in [2.05, 4.69) is 140 Å². The van der Waals surface area contributed by atoms with Crippen molar-refractivity contribution in [1.29, 1.82) is 0 Å².